The Labute approximate surface area is 182 Å². The highest BCUT2D eigenvalue weighted by molar-refractivity contribution is 5.36. The van der Waals surface area contributed by atoms with Crippen molar-refractivity contribution in [3.8, 4) is 5.75 Å². The number of hydrogen-bond acceptors (Lipinski definition) is 4. The van der Waals surface area contributed by atoms with E-state index in [4.69, 9.17) is 0 Å². The zero-order chi connectivity index (χ0) is 21.1. The van der Waals surface area contributed by atoms with Gasteiger partial charge in [-0.2, -0.15) is 0 Å². The van der Waals surface area contributed by atoms with Gasteiger partial charge in [-0.05, 0) is 57.6 Å². The van der Waals surface area contributed by atoms with Gasteiger partial charge in [-0.25, -0.2) is 0 Å². The molecule has 2 saturated carbocycles. The summed E-state index contributed by atoms with van der Waals surface area (Å²) in [5.74, 6) is 1.31. The third-order valence-corrected chi connectivity index (χ3v) is 8.01. The van der Waals surface area contributed by atoms with Crippen molar-refractivity contribution in [2.45, 2.75) is 83.7 Å². The lowest BCUT2D eigenvalue weighted by Crippen LogP contribution is -2.49. The molecule has 0 amide bonds. The third kappa shape index (κ3) is 4.77. The molecule has 1 unspecified atom stereocenters. The van der Waals surface area contributed by atoms with Gasteiger partial charge in [-0.3, -0.25) is 9.69 Å². The van der Waals surface area contributed by atoms with E-state index in [2.05, 4.69) is 16.8 Å². The van der Waals surface area contributed by atoms with Gasteiger partial charge < -0.3 is 14.6 Å². The van der Waals surface area contributed by atoms with Crippen LogP contribution in [-0.4, -0.2) is 52.7 Å². The first-order valence-corrected chi connectivity index (χ1v) is 12.4. The maximum absolute atomic E-state index is 13.8. The molecule has 0 spiro atoms. The monoisotopic (exact) mass is 415 g/mol. The van der Waals surface area contributed by atoms with E-state index in [0.717, 1.165) is 38.4 Å². The molecule has 5 heteroatoms. The maximum atomic E-state index is 13.8. The van der Waals surface area contributed by atoms with Crippen LogP contribution in [-0.2, 0) is 6.54 Å². The van der Waals surface area contributed by atoms with Crippen LogP contribution in [0.4, 0.5) is 0 Å². The van der Waals surface area contributed by atoms with Crippen LogP contribution in [0.3, 0.4) is 0 Å². The standard InChI is InChI=1S/C25H41N3O2/c1-19-17-22(29)23(25(30)28(19)18-20-9-5-3-6-10-20)24(21-11-7-4-8-12-21)27-15-13-26(2)14-16-27/h17,20-21,24,29H,3-16,18H2,1-2H3. The van der Waals surface area contributed by atoms with Crippen LogP contribution < -0.4 is 5.56 Å². The Morgan fingerprint density at radius 1 is 0.967 bits per heavy atom. The molecule has 1 saturated heterocycles. The van der Waals surface area contributed by atoms with E-state index in [9.17, 15) is 9.90 Å². The Bertz CT molecular complexity index is 754. The van der Waals surface area contributed by atoms with Crippen molar-refractivity contribution in [1.29, 1.82) is 0 Å². The third-order valence-electron chi connectivity index (χ3n) is 8.01. The first-order chi connectivity index (χ1) is 14.5. The van der Waals surface area contributed by atoms with Crippen LogP contribution in [0.5, 0.6) is 5.75 Å². The van der Waals surface area contributed by atoms with Gasteiger partial charge in [0.15, 0.2) is 0 Å². The second kappa shape index (κ2) is 9.86. The first-order valence-electron chi connectivity index (χ1n) is 12.4. The molecular formula is C25H41N3O2. The lowest BCUT2D eigenvalue weighted by Gasteiger charge is -2.43. The molecule has 1 atom stereocenters. The summed E-state index contributed by atoms with van der Waals surface area (Å²) >= 11 is 0. The lowest BCUT2D eigenvalue weighted by molar-refractivity contribution is 0.0645. The molecule has 168 valence electrons. The largest absolute Gasteiger partial charge is 0.507 e. The number of pyridine rings is 1. The van der Waals surface area contributed by atoms with Gasteiger partial charge in [-0.15, -0.1) is 0 Å². The van der Waals surface area contributed by atoms with E-state index in [-0.39, 0.29) is 17.4 Å². The van der Waals surface area contributed by atoms with Crippen LogP contribution in [0.2, 0.25) is 0 Å². The molecule has 4 rings (SSSR count). The fourth-order valence-corrected chi connectivity index (χ4v) is 6.17. The molecular weight excluding hydrogens is 374 g/mol. The molecule has 0 aromatic carbocycles. The van der Waals surface area contributed by atoms with E-state index in [1.54, 1.807) is 0 Å². The minimum absolute atomic E-state index is 0.0599. The van der Waals surface area contributed by atoms with E-state index >= 15 is 0 Å². The fraction of sp³-hybridized carbons (Fsp3) is 0.800. The zero-order valence-corrected chi connectivity index (χ0v) is 19.1. The van der Waals surface area contributed by atoms with Crippen LogP contribution in [0.25, 0.3) is 0 Å². The van der Waals surface area contributed by atoms with Crippen molar-refractivity contribution in [1.82, 2.24) is 14.4 Å². The number of rotatable bonds is 5. The maximum Gasteiger partial charge on any atom is 0.259 e. The molecule has 3 aliphatic rings. The van der Waals surface area contributed by atoms with Crippen LogP contribution in [0, 0.1) is 18.8 Å². The Morgan fingerprint density at radius 3 is 2.20 bits per heavy atom. The Hall–Kier alpha value is -1.33. The van der Waals surface area contributed by atoms with Crippen molar-refractivity contribution in [3.63, 3.8) is 0 Å². The number of piperazine rings is 1. The normalized spacial score (nSPS) is 24.2. The summed E-state index contributed by atoms with van der Waals surface area (Å²) in [7, 11) is 2.17. The molecule has 2 aliphatic carbocycles. The number of nitrogens with zero attached hydrogens (tertiary/aromatic N) is 3. The highest BCUT2D eigenvalue weighted by Crippen LogP contribution is 2.40. The van der Waals surface area contributed by atoms with Crippen molar-refractivity contribution in [2.75, 3.05) is 33.2 Å². The topological polar surface area (TPSA) is 48.7 Å². The lowest BCUT2D eigenvalue weighted by atomic mass is 9.80. The highest BCUT2D eigenvalue weighted by Gasteiger charge is 2.36. The molecule has 0 radical (unpaired) electrons. The summed E-state index contributed by atoms with van der Waals surface area (Å²) < 4.78 is 2.00. The van der Waals surface area contributed by atoms with Gasteiger partial charge in [0.1, 0.15) is 5.75 Å². The molecule has 3 fully saturated rings. The summed E-state index contributed by atoms with van der Waals surface area (Å²) in [4.78, 5) is 18.7. The summed E-state index contributed by atoms with van der Waals surface area (Å²) in [5, 5.41) is 11.0. The van der Waals surface area contributed by atoms with Crippen molar-refractivity contribution in [3.05, 3.63) is 27.7 Å². The smallest absolute Gasteiger partial charge is 0.259 e. The van der Waals surface area contributed by atoms with Crippen molar-refractivity contribution < 1.29 is 5.11 Å². The second-order valence-electron chi connectivity index (χ2n) is 10.2. The van der Waals surface area contributed by atoms with Gasteiger partial charge in [0.25, 0.3) is 5.56 Å². The molecule has 1 aromatic heterocycles. The van der Waals surface area contributed by atoms with Crippen molar-refractivity contribution in [2.24, 2.45) is 11.8 Å². The van der Waals surface area contributed by atoms with Gasteiger partial charge in [0.2, 0.25) is 0 Å². The molecule has 1 aliphatic heterocycles. The summed E-state index contributed by atoms with van der Waals surface area (Å²) in [5.41, 5.74) is 1.67. The van der Waals surface area contributed by atoms with Gasteiger partial charge in [-0.1, -0.05) is 38.5 Å². The Balaban J connectivity index is 1.69. The van der Waals surface area contributed by atoms with Gasteiger partial charge in [0.05, 0.1) is 5.56 Å². The molecule has 1 N–H and O–H groups in total. The second-order valence-corrected chi connectivity index (χ2v) is 10.2. The van der Waals surface area contributed by atoms with E-state index in [1.165, 1.54) is 64.2 Å². The number of hydrogen-bond donors (Lipinski definition) is 1. The molecule has 1 aromatic rings. The van der Waals surface area contributed by atoms with Crippen LogP contribution in [0.15, 0.2) is 10.9 Å². The highest BCUT2D eigenvalue weighted by atomic mass is 16.3. The zero-order valence-electron chi connectivity index (χ0n) is 19.1. The SMILES string of the molecule is Cc1cc(O)c(C(C2CCCCC2)N2CCN(C)CC2)c(=O)n1CC1CCCCC1. The average molecular weight is 416 g/mol. The minimum atomic E-state index is 0.0599. The molecule has 2 heterocycles. The van der Waals surface area contributed by atoms with E-state index in [1.807, 2.05) is 17.6 Å². The quantitative estimate of drug-likeness (QED) is 0.778. The van der Waals surface area contributed by atoms with E-state index < -0.39 is 0 Å². The van der Waals surface area contributed by atoms with E-state index in [0.29, 0.717) is 17.4 Å². The summed E-state index contributed by atoms with van der Waals surface area (Å²) in [6.45, 7) is 6.83. The minimum Gasteiger partial charge on any atom is -0.507 e. The summed E-state index contributed by atoms with van der Waals surface area (Å²) in [6, 6.07) is 1.93. The van der Waals surface area contributed by atoms with Crippen LogP contribution in [0.1, 0.15) is 81.5 Å². The number of aromatic hydroxyl groups is 1. The number of aromatic nitrogens is 1. The first kappa shape index (κ1) is 21.9. The predicted octanol–water partition coefficient (Wildman–Crippen LogP) is 4.31. The number of likely N-dealkylation sites (N-methyl/N-ethyl adjacent to an activating group) is 1. The Kier molecular flexibility index (Phi) is 7.20. The van der Waals surface area contributed by atoms with Gasteiger partial charge in [0, 0.05) is 44.5 Å². The van der Waals surface area contributed by atoms with Crippen molar-refractivity contribution >= 4 is 0 Å². The number of aryl methyl sites for hydroxylation is 1. The fourth-order valence-electron chi connectivity index (χ4n) is 6.17. The average Bonchev–Trinajstić information content (AvgIpc) is 2.76. The molecule has 5 nitrogen and oxygen atoms in total. The Morgan fingerprint density at radius 2 is 1.57 bits per heavy atom. The summed E-state index contributed by atoms with van der Waals surface area (Å²) in [6.07, 6.45) is 12.5. The van der Waals surface area contributed by atoms with Crippen LogP contribution >= 0.6 is 0 Å². The predicted molar refractivity (Wildman–Crippen MR) is 122 cm³/mol. The molecule has 0 bridgehead atoms. The molecule has 30 heavy (non-hydrogen) atoms. The van der Waals surface area contributed by atoms with Gasteiger partial charge >= 0.3 is 0 Å².